The number of benzene rings is 1. The predicted molar refractivity (Wildman–Crippen MR) is 75.2 cm³/mol. The molecule has 1 aromatic heterocycles. The molecule has 0 fully saturated rings. The smallest absolute Gasteiger partial charge is 0.261 e. The molecular formula is C14H17ClN2O. The van der Waals surface area contributed by atoms with Gasteiger partial charge in [0.2, 0.25) is 0 Å². The first kappa shape index (κ1) is 13.1. The Balaban J connectivity index is 2.78. The number of hydrogen-bond donors (Lipinski definition) is 0. The predicted octanol–water partition coefficient (Wildman–Crippen LogP) is 3.50. The molecule has 4 heteroatoms. The van der Waals surface area contributed by atoms with Crippen LogP contribution in [0.25, 0.3) is 10.9 Å². The molecule has 0 bridgehead atoms. The zero-order valence-electron chi connectivity index (χ0n) is 10.7. The molecular weight excluding hydrogens is 248 g/mol. The lowest BCUT2D eigenvalue weighted by atomic mass is 10.1. The summed E-state index contributed by atoms with van der Waals surface area (Å²) in [4.78, 5) is 17.0. The molecule has 0 aliphatic rings. The summed E-state index contributed by atoms with van der Waals surface area (Å²) in [6.45, 7) is 4.15. The molecule has 96 valence electrons. The SMILES string of the molecule is CCC(CC)n1c(CCl)nc2ccccc2c1=O. The monoisotopic (exact) mass is 264 g/mol. The average Bonchev–Trinajstić information content (AvgIpc) is 2.42. The van der Waals surface area contributed by atoms with Crippen LogP contribution in [-0.4, -0.2) is 9.55 Å². The maximum absolute atomic E-state index is 12.5. The van der Waals surface area contributed by atoms with Crippen LogP contribution in [0, 0.1) is 0 Å². The van der Waals surface area contributed by atoms with Gasteiger partial charge in [-0.1, -0.05) is 26.0 Å². The van der Waals surface area contributed by atoms with Crippen molar-refractivity contribution in [1.29, 1.82) is 0 Å². The number of nitrogens with zero attached hydrogens (tertiary/aromatic N) is 2. The fraction of sp³-hybridized carbons (Fsp3) is 0.429. The van der Waals surface area contributed by atoms with Crippen LogP contribution in [0.1, 0.15) is 38.6 Å². The summed E-state index contributed by atoms with van der Waals surface area (Å²) in [5.41, 5.74) is 0.741. The van der Waals surface area contributed by atoms with E-state index in [9.17, 15) is 4.79 Å². The molecule has 1 heterocycles. The molecule has 2 aromatic rings. The highest BCUT2D eigenvalue weighted by Crippen LogP contribution is 2.18. The molecule has 0 unspecified atom stereocenters. The summed E-state index contributed by atoms with van der Waals surface area (Å²) in [5.74, 6) is 0.922. The van der Waals surface area contributed by atoms with Crippen LogP contribution in [0.5, 0.6) is 0 Å². The summed E-state index contributed by atoms with van der Waals surface area (Å²) < 4.78 is 1.76. The Morgan fingerprint density at radius 2 is 1.94 bits per heavy atom. The third-order valence-electron chi connectivity index (χ3n) is 3.31. The first-order chi connectivity index (χ1) is 8.72. The summed E-state index contributed by atoms with van der Waals surface area (Å²) in [6, 6.07) is 7.59. The molecule has 0 amide bonds. The van der Waals surface area contributed by atoms with Gasteiger partial charge in [0, 0.05) is 6.04 Å². The summed E-state index contributed by atoms with van der Waals surface area (Å²) in [6.07, 6.45) is 1.81. The lowest BCUT2D eigenvalue weighted by molar-refractivity contribution is 0.443. The highest BCUT2D eigenvalue weighted by Gasteiger charge is 2.15. The van der Waals surface area contributed by atoms with Crippen molar-refractivity contribution in [2.75, 3.05) is 0 Å². The van der Waals surface area contributed by atoms with Gasteiger partial charge < -0.3 is 0 Å². The fourth-order valence-electron chi connectivity index (χ4n) is 2.32. The zero-order chi connectivity index (χ0) is 13.1. The van der Waals surface area contributed by atoms with Crippen LogP contribution in [-0.2, 0) is 5.88 Å². The number of fused-ring (bicyclic) bond motifs is 1. The Kier molecular flexibility index (Phi) is 4.02. The molecule has 0 saturated heterocycles. The molecule has 3 nitrogen and oxygen atoms in total. The van der Waals surface area contributed by atoms with Gasteiger partial charge in [0.15, 0.2) is 0 Å². The summed E-state index contributed by atoms with van der Waals surface area (Å²) >= 11 is 5.94. The lowest BCUT2D eigenvalue weighted by Crippen LogP contribution is -2.28. The summed E-state index contributed by atoms with van der Waals surface area (Å²) in [7, 11) is 0. The summed E-state index contributed by atoms with van der Waals surface area (Å²) in [5, 5.41) is 0.665. The Bertz CT molecular complexity index is 602. The van der Waals surface area contributed by atoms with Crippen molar-refractivity contribution in [3.63, 3.8) is 0 Å². The highest BCUT2D eigenvalue weighted by atomic mass is 35.5. The zero-order valence-corrected chi connectivity index (χ0v) is 11.4. The van der Waals surface area contributed by atoms with Crippen molar-refractivity contribution in [1.82, 2.24) is 9.55 Å². The van der Waals surface area contributed by atoms with E-state index < -0.39 is 0 Å². The minimum Gasteiger partial charge on any atom is -0.292 e. The van der Waals surface area contributed by atoms with Crippen LogP contribution >= 0.6 is 11.6 Å². The topological polar surface area (TPSA) is 34.9 Å². The van der Waals surface area contributed by atoms with Gasteiger partial charge in [0.25, 0.3) is 5.56 Å². The van der Waals surface area contributed by atoms with Crippen molar-refractivity contribution in [3.8, 4) is 0 Å². The maximum Gasteiger partial charge on any atom is 0.261 e. The van der Waals surface area contributed by atoms with Gasteiger partial charge in [-0.05, 0) is 25.0 Å². The van der Waals surface area contributed by atoms with E-state index in [1.54, 1.807) is 4.57 Å². The van der Waals surface area contributed by atoms with Gasteiger partial charge in [0.1, 0.15) is 5.82 Å². The Labute approximate surface area is 111 Å². The quantitative estimate of drug-likeness (QED) is 0.793. The number of hydrogen-bond acceptors (Lipinski definition) is 2. The maximum atomic E-state index is 12.5. The number of para-hydroxylation sites is 1. The van der Waals surface area contributed by atoms with Gasteiger partial charge in [-0.25, -0.2) is 4.98 Å². The van der Waals surface area contributed by atoms with E-state index in [0.717, 1.165) is 18.4 Å². The van der Waals surface area contributed by atoms with Crippen LogP contribution < -0.4 is 5.56 Å². The molecule has 0 saturated carbocycles. The van der Waals surface area contributed by atoms with Crippen LogP contribution in [0.3, 0.4) is 0 Å². The molecule has 0 radical (unpaired) electrons. The van der Waals surface area contributed by atoms with E-state index in [4.69, 9.17) is 11.6 Å². The average molecular weight is 265 g/mol. The second kappa shape index (κ2) is 5.53. The minimum absolute atomic E-state index is 0.0185. The van der Waals surface area contributed by atoms with Gasteiger partial charge >= 0.3 is 0 Å². The standard InChI is InChI=1S/C14H17ClN2O/c1-3-10(4-2)17-13(9-15)16-12-8-6-5-7-11(12)14(17)18/h5-8,10H,3-4,9H2,1-2H3. The normalized spacial score (nSPS) is 11.3. The van der Waals surface area contributed by atoms with Crippen molar-refractivity contribution in [2.24, 2.45) is 0 Å². The van der Waals surface area contributed by atoms with Crippen molar-refractivity contribution in [3.05, 3.63) is 40.4 Å². The number of rotatable bonds is 4. The molecule has 0 spiro atoms. The number of alkyl halides is 1. The third-order valence-corrected chi connectivity index (χ3v) is 3.55. The van der Waals surface area contributed by atoms with E-state index in [2.05, 4.69) is 18.8 Å². The highest BCUT2D eigenvalue weighted by molar-refractivity contribution is 6.16. The Morgan fingerprint density at radius 1 is 1.28 bits per heavy atom. The largest absolute Gasteiger partial charge is 0.292 e. The molecule has 0 aliphatic carbocycles. The van der Waals surface area contributed by atoms with Gasteiger partial charge in [0.05, 0.1) is 16.8 Å². The molecule has 1 aromatic carbocycles. The number of aromatic nitrogens is 2. The fourth-order valence-corrected chi connectivity index (χ4v) is 2.51. The van der Waals surface area contributed by atoms with Crippen LogP contribution in [0.4, 0.5) is 0 Å². The molecule has 0 N–H and O–H groups in total. The van der Waals surface area contributed by atoms with E-state index in [0.29, 0.717) is 11.2 Å². The minimum atomic E-state index is 0.0185. The number of halogens is 1. The third kappa shape index (κ3) is 2.15. The van der Waals surface area contributed by atoms with E-state index in [1.165, 1.54) is 0 Å². The van der Waals surface area contributed by atoms with Crippen LogP contribution in [0.2, 0.25) is 0 Å². The molecule has 0 aliphatic heterocycles. The van der Waals surface area contributed by atoms with Crippen molar-refractivity contribution < 1.29 is 0 Å². The Morgan fingerprint density at radius 3 is 2.56 bits per heavy atom. The van der Waals surface area contributed by atoms with E-state index in [1.807, 2.05) is 24.3 Å². The second-order valence-electron chi connectivity index (χ2n) is 4.32. The first-order valence-corrected chi connectivity index (χ1v) is 6.82. The van der Waals surface area contributed by atoms with Gasteiger partial charge in [-0.3, -0.25) is 9.36 Å². The first-order valence-electron chi connectivity index (χ1n) is 6.29. The van der Waals surface area contributed by atoms with Gasteiger partial charge in [-0.2, -0.15) is 0 Å². The second-order valence-corrected chi connectivity index (χ2v) is 4.59. The van der Waals surface area contributed by atoms with Crippen molar-refractivity contribution in [2.45, 2.75) is 38.6 Å². The molecule has 18 heavy (non-hydrogen) atoms. The van der Waals surface area contributed by atoms with Gasteiger partial charge in [-0.15, -0.1) is 11.6 Å². The van der Waals surface area contributed by atoms with E-state index in [-0.39, 0.29) is 17.5 Å². The van der Waals surface area contributed by atoms with Crippen LogP contribution in [0.15, 0.2) is 29.1 Å². The lowest BCUT2D eigenvalue weighted by Gasteiger charge is -2.19. The van der Waals surface area contributed by atoms with E-state index >= 15 is 0 Å². The molecule has 2 rings (SSSR count). The molecule has 0 atom stereocenters. The Hall–Kier alpha value is -1.35. The van der Waals surface area contributed by atoms with Crippen molar-refractivity contribution >= 4 is 22.5 Å².